The van der Waals surface area contributed by atoms with Crippen LogP contribution in [0.2, 0.25) is 5.02 Å². The van der Waals surface area contributed by atoms with Gasteiger partial charge in [-0.2, -0.15) is 0 Å². The van der Waals surface area contributed by atoms with Gasteiger partial charge in [0.2, 0.25) is 11.8 Å². The largest absolute Gasteiger partial charge is 0.493 e. The number of likely N-dealkylation sites (tertiary alicyclic amines) is 1. The predicted octanol–water partition coefficient (Wildman–Crippen LogP) is 5.33. The minimum atomic E-state index is -0.859. The molecule has 2 aliphatic heterocycles. The number of benzene rings is 2. The highest BCUT2D eigenvalue weighted by Gasteiger charge is 2.55. The van der Waals surface area contributed by atoms with Crippen LogP contribution < -0.4 is 14.8 Å². The van der Waals surface area contributed by atoms with Crippen molar-refractivity contribution in [2.45, 2.75) is 95.5 Å². The summed E-state index contributed by atoms with van der Waals surface area (Å²) in [6.07, 6.45) is 7.22. The van der Waals surface area contributed by atoms with E-state index in [9.17, 15) is 14.7 Å². The molecule has 0 radical (unpaired) electrons. The Hall–Kier alpha value is -2.81. The SMILES string of the molecule is CCCCN1C(=O)[C@@H]([C@H](O)C2CCCCC2)NC(=O)C12CCN(Cc1ccc(OCc3ccc(Cl)cc3)c(OC)c1)CC2. The molecule has 43 heavy (non-hydrogen) atoms. The van der Waals surface area contributed by atoms with Crippen molar-refractivity contribution in [3.05, 3.63) is 58.6 Å². The fraction of sp³-hybridized carbons (Fsp3) is 0.588. The first-order valence-electron chi connectivity index (χ1n) is 15.9. The van der Waals surface area contributed by atoms with Gasteiger partial charge < -0.3 is 24.8 Å². The number of halogens is 1. The van der Waals surface area contributed by atoms with Crippen molar-refractivity contribution in [1.82, 2.24) is 15.1 Å². The van der Waals surface area contributed by atoms with Crippen molar-refractivity contribution in [3.63, 3.8) is 0 Å². The average molecular weight is 612 g/mol. The monoisotopic (exact) mass is 611 g/mol. The van der Waals surface area contributed by atoms with Gasteiger partial charge in [-0.25, -0.2) is 0 Å². The lowest BCUT2D eigenvalue weighted by molar-refractivity contribution is -0.166. The lowest BCUT2D eigenvalue weighted by Gasteiger charge is -2.52. The summed E-state index contributed by atoms with van der Waals surface area (Å²) in [5.74, 6) is 1.20. The Kier molecular flexibility index (Phi) is 10.5. The molecule has 2 atom stereocenters. The molecule has 1 saturated carbocycles. The van der Waals surface area contributed by atoms with Gasteiger partial charge in [0, 0.05) is 31.2 Å². The minimum absolute atomic E-state index is 0.0677. The number of carbonyl (C=O) groups excluding carboxylic acids is 2. The van der Waals surface area contributed by atoms with Gasteiger partial charge >= 0.3 is 0 Å². The molecule has 2 N–H and O–H groups in total. The Bertz CT molecular complexity index is 1240. The Balaban J connectivity index is 1.22. The summed E-state index contributed by atoms with van der Waals surface area (Å²) in [7, 11) is 1.64. The van der Waals surface area contributed by atoms with Gasteiger partial charge in [0.1, 0.15) is 18.2 Å². The maximum absolute atomic E-state index is 13.9. The predicted molar refractivity (Wildman–Crippen MR) is 167 cm³/mol. The Labute approximate surface area is 260 Å². The van der Waals surface area contributed by atoms with E-state index in [0.717, 1.165) is 49.7 Å². The van der Waals surface area contributed by atoms with Crippen LogP contribution in [0, 0.1) is 5.92 Å². The number of carbonyl (C=O) groups is 2. The number of aliphatic hydroxyl groups is 1. The van der Waals surface area contributed by atoms with Crippen molar-refractivity contribution in [3.8, 4) is 11.5 Å². The molecule has 3 fully saturated rings. The van der Waals surface area contributed by atoms with Crippen LogP contribution in [0.25, 0.3) is 0 Å². The summed E-state index contributed by atoms with van der Waals surface area (Å²) in [6.45, 7) is 5.14. The van der Waals surface area contributed by atoms with Crippen molar-refractivity contribution < 1.29 is 24.2 Å². The highest BCUT2D eigenvalue weighted by Crippen LogP contribution is 2.37. The summed E-state index contributed by atoms with van der Waals surface area (Å²) >= 11 is 5.99. The van der Waals surface area contributed by atoms with Crippen LogP contribution in [0.1, 0.15) is 75.8 Å². The summed E-state index contributed by atoms with van der Waals surface area (Å²) in [6, 6.07) is 12.7. The summed E-state index contributed by atoms with van der Waals surface area (Å²) in [5.41, 5.74) is 1.25. The van der Waals surface area contributed by atoms with Gasteiger partial charge in [0.15, 0.2) is 11.5 Å². The maximum atomic E-state index is 13.9. The van der Waals surface area contributed by atoms with Crippen LogP contribution in [0.5, 0.6) is 11.5 Å². The number of piperazine rings is 1. The highest BCUT2D eigenvalue weighted by atomic mass is 35.5. The summed E-state index contributed by atoms with van der Waals surface area (Å²) in [4.78, 5) is 31.8. The van der Waals surface area contributed by atoms with E-state index in [2.05, 4.69) is 17.1 Å². The molecular formula is C34H46ClN3O5. The number of methoxy groups -OCH3 is 1. The van der Waals surface area contributed by atoms with E-state index in [1.807, 2.05) is 47.4 Å². The average Bonchev–Trinajstić information content (AvgIpc) is 3.04. The number of amides is 2. The molecular weight excluding hydrogens is 566 g/mol. The van der Waals surface area contributed by atoms with Crippen LogP contribution in [-0.2, 0) is 22.7 Å². The van der Waals surface area contributed by atoms with Gasteiger partial charge in [0.25, 0.3) is 0 Å². The zero-order valence-corrected chi connectivity index (χ0v) is 26.3. The standard InChI is InChI=1S/C34H46ClN3O5/c1-3-4-18-38-32(40)30(31(39)26-8-6-5-7-9-26)36-33(41)34(38)16-19-37(20-17-34)22-25-12-15-28(29(21-25)42-2)43-23-24-10-13-27(35)14-11-24/h10-15,21,26,30-31,39H,3-9,16-20,22-23H2,1-2H3,(H,36,41)/t30-,31-/m1/s1. The first kappa shape index (κ1) is 31.6. The van der Waals surface area contributed by atoms with Gasteiger partial charge in [-0.1, -0.05) is 62.4 Å². The maximum Gasteiger partial charge on any atom is 0.248 e. The molecule has 2 aromatic carbocycles. The number of ether oxygens (including phenoxy) is 2. The molecule has 5 rings (SSSR count). The zero-order chi connectivity index (χ0) is 30.4. The molecule has 234 valence electrons. The smallest absolute Gasteiger partial charge is 0.248 e. The first-order chi connectivity index (χ1) is 20.8. The fourth-order valence-corrected chi connectivity index (χ4v) is 7.09. The normalized spacial score (nSPS) is 22.0. The van der Waals surface area contributed by atoms with E-state index in [4.69, 9.17) is 21.1 Å². The van der Waals surface area contributed by atoms with Gasteiger partial charge in [0.05, 0.1) is 13.2 Å². The molecule has 2 saturated heterocycles. The second-order valence-corrected chi connectivity index (χ2v) is 12.8. The van der Waals surface area contributed by atoms with Crippen LogP contribution in [0.4, 0.5) is 0 Å². The second kappa shape index (κ2) is 14.3. The quantitative estimate of drug-likeness (QED) is 0.357. The third-order valence-electron chi connectivity index (χ3n) is 9.59. The van der Waals surface area contributed by atoms with Crippen LogP contribution in [0.3, 0.4) is 0 Å². The molecule has 0 unspecified atom stereocenters. The number of nitrogens with zero attached hydrogens (tertiary/aromatic N) is 2. The molecule has 1 aliphatic carbocycles. The van der Waals surface area contributed by atoms with E-state index < -0.39 is 17.7 Å². The number of nitrogens with one attached hydrogen (secondary N) is 1. The van der Waals surface area contributed by atoms with Crippen molar-refractivity contribution in [2.75, 3.05) is 26.7 Å². The van der Waals surface area contributed by atoms with Crippen molar-refractivity contribution in [1.29, 1.82) is 0 Å². The third-order valence-corrected chi connectivity index (χ3v) is 9.84. The topological polar surface area (TPSA) is 91.3 Å². The van der Waals surface area contributed by atoms with E-state index >= 15 is 0 Å². The number of hydrogen-bond donors (Lipinski definition) is 2. The van der Waals surface area contributed by atoms with E-state index in [-0.39, 0.29) is 17.7 Å². The number of piperidine rings is 1. The number of aliphatic hydroxyl groups excluding tert-OH is 1. The fourth-order valence-electron chi connectivity index (χ4n) is 6.97. The Morgan fingerprint density at radius 1 is 1.02 bits per heavy atom. The van der Waals surface area contributed by atoms with E-state index in [0.29, 0.717) is 62.1 Å². The third kappa shape index (κ3) is 7.13. The van der Waals surface area contributed by atoms with Crippen molar-refractivity contribution in [2.24, 2.45) is 5.92 Å². The number of rotatable bonds is 11. The van der Waals surface area contributed by atoms with Crippen LogP contribution >= 0.6 is 11.6 Å². The van der Waals surface area contributed by atoms with Gasteiger partial charge in [-0.15, -0.1) is 0 Å². The summed E-state index contributed by atoms with van der Waals surface area (Å²) < 4.78 is 11.7. The zero-order valence-electron chi connectivity index (χ0n) is 25.5. The lowest BCUT2D eigenvalue weighted by atomic mass is 9.78. The molecule has 2 aromatic rings. The molecule has 0 bridgehead atoms. The first-order valence-corrected chi connectivity index (χ1v) is 16.3. The molecule has 3 aliphatic rings. The molecule has 2 heterocycles. The van der Waals surface area contributed by atoms with Gasteiger partial charge in [-0.05, 0) is 73.4 Å². The van der Waals surface area contributed by atoms with E-state index in [1.165, 1.54) is 6.42 Å². The molecule has 9 heteroatoms. The molecule has 1 spiro atoms. The Morgan fingerprint density at radius 2 is 1.72 bits per heavy atom. The van der Waals surface area contributed by atoms with E-state index in [1.54, 1.807) is 7.11 Å². The Morgan fingerprint density at radius 3 is 2.40 bits per heavy atom. The lowest BCUT2D eigenvalue weighted by Crippen LogP contribution is -2.75. The molecule has 8 nitrogen and oxygen atoms in total. The second-order valence-electron chi connectivity index (χ2n) is 12.4. The number of hydrogen-bond acceptors (Lipinski definition) is 6. The molecule has 0 aromatic heterocycles. The van der Waals surface area contributed by atoms with Crippen LogP contribution in [-0.4, -0.2) is 71.1 Å². The summed E-state index contributed by atoms with van der Waals surface area (Å²) in [5, 5.41) is 14.9. The molecule has 2 amide bonds. The van der Waals surface area contributed by atoms with Crippen LogP contribution in [0.15, 0.2) is 42.5 Å². The highest BCUT2D eigenvalue weighted by molar-refractivity contribution is 6.30. The minimum Gasteiger partial charge on any atom is -0.493 e. The number of unbranched alkanes of at least 4 members (excludes halogenated alkanes) is 1. The van der Waals surface area contributed by atoms with Crippen molar-refractivity contribution >= 4 is 23.4 Å². The van der Waals surface area contributed by atoms with Gasteiger partial charge in [-0.3, -0.25) is 14.5 Å².